The first-order valence-corrected chi connectivity index (χ1v) is 10.3. The second-order valence-corrected chi connectivity index (χ2v) is 6.78. The molecule has 158 valence electrons. The van der Waals surface area contributed by atoms with E-state index in [1.165, 1.54) is 37.1 Å². The van der Waals surface area contributed by atoms with Crippen molar-refractivity contribution in [1.29, 1.82) is 0 Å². The Morgan fingerprint density at radius 1 is 1.10 bits per heavy atom. The number of phenols is 1. The molecule has 0 aliphatic heterocycles. The van der Waals surface area contributed by atoms with Gasteiger partial charge in [-0.1, -0.05) is 52.7 Å². The van der Waals surface area contributed by atoms with Gasteiger partial charge in [0.1, 0.15) is 5.69 Å². The molecule has 1 aromatic heterocycles. The van der Waals surface area contributed by atoms with Crippen molar-refractivity contribution in [3.63, 3.8) is 0 Å². The number of phenolic OH excluding ortho intramolecular Hbond substituents is 1. The second-order valence-electron chi connectivity index (χ2n) is 6.78. The molecule has 1 aromatic carbocycles. The summed E-state index contributed by atoms with van der Waals surface area (Å²) in [6.07, 6.45) is 8.06. The van der Waals surface area contributed by atoms with E-state index in [2.05, 4.69) is 42.8 Å². The minimum absolute atomic E-state index is 0.195. The highest BCUT2D eigenvalue weighted by atomic mass is 16.5. The summed E-state index contributed by atoms with van der Waals surface area (Å²) in [6, 6.07) is 5.25. The first kappa shape index (κ1) is 24.3. The van der Waals surface area contributed by atoms with E-state index in [0.717, 1.165) is 24.8 Å². The van der Waals surface area contributed by atoms with Gasteiger partial charge in [0.25, 0.3) is 0 Å². The summed E-state index contributed by atoms with van der Waals surface area (Å²) in [5.41, 5.74) is 3.17. The summed E-state index contributed by atoms with van der Waals surface area (Å²) in [7, 11) is 0. The molecule has 2 rings (SSSR count). The third kappa shape index (κ3) is 8.02. The van der Waals surface area contributed by atoms with Gasteiger partial charge < -0.3 is 9.84 Å². The van der Waals surface area contributed by atoms with Crippen LogP contribution in [0.4, 0.5) is 0 Å². The summed E-state index contributed by atoms with van der Waals surface area (Å²) in [5, 5.41) is 20.2. The lowest BCUT2D eigenvalue weighted by molar-refractivity contribution is 0.102. The molecule has 0 saturated carbocycles. The average Bonchev–Trinajstić information content (AvgIpc) is 2.74. The average molecular weight is 400 g/mol. The van der Waals surface area contributed by atoms with E-state index in [0.29, 0.717) is 17.9 Å². The zero-order valence-electron chi connectivity index (χ0n) is 18.1. The number of aryl methyl sites for hydroxylation is 1. The highest BCUT2D eigenvalue weighted by molar-refractivity contribution is 6.06. The fourth-order valence-corrected chi connectivity index (χ4v) is 2.82. The number of hydrogen-bond acceptors (Lipinski definition) is 6. The zero-order valence-corrected chi connectivity index (χ0v) is 18.1. The zero-order chi connectivity index (χ0) is 21.6. The van der Waals surface area contributed by atoms with Gasteiger partial charge >= 0.3 is 0 Å². The van der Waals surface area contributed by atoms with Gasteiger partial charge in [-0.3, -0.25) is 4.79 Å². The van der Waals surface area contributed by atoms with Gasteiger partial charge in [0.2, 0.25) is 5.78 Å². The lowest BCUT2D eigenvalue weighted by atomic mass is 10.0. The van der Waals surface area contributed by atoms with Gasteiger partial charge in [0.15, 0.2) is 11.5 Å². The van der Waals surface area contributed by atoms with Crippen LogP contribution in [0.2, 0.25) is 0 Å². The van der Waals surface area contributed by atoms with Gasteiger partial charge in [-0.15, -0.1) is 10.2 Å². The van der Waals surface area contributed by atoms with Gasteiger partial charge in [-0.05, 0) is 54.7 Å². The van der Waals surface area contributed by atoms with E-state index in [4.69, 9.17) is 4.74 Å². The molecule has 6 nitrogen and oxygen atoms in total. The fourth-order valence-electron chi connectivity index (χ4n) is 2.82. The van der Waals surface area contributed by atoms with Crippen LogP contribution in [0, 0.1) is 0 Å². The number of aromatic nitrogens is 3. The van der Waals surface area contributed by atoms with E-state index < -0.39 is 0 Å². The maximum absolute atomic E-state index is 11.1. The monoisotopic (exact) mass is 399 g/mol. The van der Waals surface area contributed by atoms with Crippen LogP contribution in [0.15, 0.2) is 36.5 Å². The molecule has 29 heavy (non-hydrogen) atoms. The lowest BCUT2D eigenvalue weighted by Crippen LogP contribution is -2.04. The summed E-state index contributed by atoms with van der Waals surface area (Å²) < 4.78 is 5.80. The van der Waals surface area contributed by atoms with Gasteiger partial charge in [0, 0.05) is 5.56 Å². The predicted molar refractivity (Wildman–Crippen MR) is 115 cm³/mol. The predicted octanol–water partition coefficient (Wildman–Crippen LogP) is 5.11. The van der Waals surface area contributed by atoms with Crippen LogP contribution in [0.1, 0.15) is 75.0 Å². The standard InChI is InChI=1S/C16H26O2.C7H7N3O/c1-4-7-8-9-12-18-16-14(6-3)13(5-2)10-11-15(16)17;1-5(2)7(11)6-3-4-8-10-9-6/h10-11,17H,4-9,12H2,1-3H3;3-4H,1H2,2H3. The molecule has 0 radical (unpaired) electrons. The van der Waals surface area contributed by atoms with Crippen molar-refractivity contribution in [2.45, 2.75) is 66.2 Å². The smallest absolute Gasteiger partial charge is 0.208 e. The third-order valence-electron chi connectivity index (χ3n) is 4.44. The number of ketones is 1. The lowest BCUT2D eigenvalue weighted by Gasteiger charge is -2.15. The van der Waals surface area contributed by atoms with Crippen molar-refractivity contribution in [1.82, 2.24) is 15.4 Å². The maximum Gasteiger partial charge on any atom is 0.208 e. The van der Waals surface area contributed by atoms with Crippen molar-refractivity contribution in [3.8, 4) is 11.5 Å². The third-order valence-corrected chi connectivity index (χ3v) is 4.44. The highest BCUT2D eigenvalue weighted by Gasteiger charge is 2.12. The molecule has 6 heteroatoms. The number of Topliss-reactive ketones (excluding diaryl/α,β-unsaturated/α-hetero) is 1. The van der Waals surface area contributed by atoms with Crippen LogP contribution in [-0.4, -0.2) is 32.9 Å². The van der Waals surface area contributed by atoms with E-state index in [-0.39, 0.29) is 17.2 Å². The summed E-state index contributed by atoms with van der Waals surface area (Å²) in [6.45, 7) is 12.3. The molecule has 1 heterocycles. The number of aromatic hydroxyl groups is 1. The highest BCUT2D eigenvalue weighted by Crippen LogP contribution is 2.33. The maximum atomic E-state index is 11.1. The van der Waals surface area contributed by atoms with Gasteiger partial charge in [0.05, 0.1) is 12.8 Å². The number of unbranched alkanes of at least 4 members (excludes halogenated alkanes) is 3. The Labute approximate surface area is 174 Å². The molecule has 0 aliphatic carbocycles. The Morgan fingerprint density at radius 3 is 2.41 bits per heavy atom. The molecule has 2 aromatic rings. The van der Waals surface area contributed by atoms with Crippen molar-refractivity contribution in [3.05, 3.63) is 53.4 Å². The van der Waals surface area contributed by atoms with Crippen molar-refractivity contribution in [2.75, 3.05) is 6.61 Å². The van der Waals surface area contributed by atoms with Crippen LogP contribution in [0.25, 0.3) is 0 Å². The first-order chi connectivity index (χ1) is 14.0. The number of hydrogen-bond donors (Lipinski definition) is 1. The van der Waals surface area contributed by atoms with Crippen molar-refractivity contribution in [2.24, 2.45) is 0 Å². The Balaban J connectivity index is 0.000000326. The summed E-state index contributed by atoms with van der Waals surface area (Å²) in [4.78, 5) is 11.1. The first-order valence-electron chi connectivity index (χ1n) is 10.3. The number of rotatable bonds is 10. The Hall–Kier alpha value is -2.76. The molecule has 0 saturated heterocycles. The van der Waals surface area contributed by atoms with E-state index in [9.17, 15) is 9.90 Å². The van der Waals surface area contributed by atoms with Crippen LogP contribution in [0.3, 0.4) is 0 Å². The van der Waals surface area contributed by atoms with Crippen molar-refractivity contribution >= 4 is 5.78 Å². The number of benzene rings is 1. The minimum atomic E-state index is -0.195. The van der Waals surface area contributed by atoms with E-state index in [1.54, 1.807) is 13.0 Å². The molecule has 1 N–H and O–H groups in total. The normalized spacial score (nSPS) is 10.1. The van der Waals surface area contributed by atoms with E-state index in [1.807, 2.05) is 6.07 Å². The van der Waals surface area contributed by atoms with E-state index >= 15 is 0 Å². The van der Waals surface area contributed by atoms with Crippen molar-refractivity contribution < 1.29 is 14.6 Å². The largest absolute Gasteiger partial charge is 0.504 e. The van der Waals surface area contributed by atoms with Crippen LogP contribution in [-0.2, 0) is 12.8 Å². The number of allylic oxidation sites excluding steroid dienone is 1. The van der Waals surface area contributed by atoms with Crippen LogP contribution >= 0.6 is 0 Å². The Bertz CT molecular complexity index is 776. The molecule has 0 spiro atoms. The molecule has 0 aliphatic rings. The molecular formula is C23H33N3O3. The van der Waals surface area contributed by atoms with Crippen LogP contribution < -0.4 is 4.74 Å². The summed E-state index contributed by atoms with van der Waals surface area (Å²) >= 11 is 0. The topological polar surface area (TPSA) is 85.2 Å². The number of carbonyl (C=O) groups is 1. The SMILES string of the molecule is C=C(C)C(=O)c1ccnnn1.CCCCCCOc1c(O)ccc(CC)c1CC. The second kappa shape index (κ2) is 13.4. The quantitative estimate of drug-likeness (QED) is 0.340. The molecule has 0 atom stereocenters. The Kier molecular flexibility index (Phi) is 11.2. The molecule has 0 bridgehead atoms. The number of nitrogens with zero attached hydrogens (tertiary/aromatic N) is 3. The summed E-state index contributed by atoms with van der Waals surface area (Å²) in [5.74, 6) is 0.785. The molecule has 0 amide bonds. The minimum Gasteiger partial charge on any atom is -0.504 e. The van der Waals surface area contributed by atoms with Crippen LogP contribution in [0.5, 0.6) is 11.5 Å². The molecule has 0 unspecified atom stereocenters. The van der Waals surface area contributed by atoms with Gasteiger partial charge in [-0.2, -0.15) is 0 Å². The Morgan fingerprint density at radius 2 is 1.86 bits per heavy atom. The molecule has 0 fully saturated rings. The van der Waals surface area contributed by atoms with Gasteiger partial charge in [-0.25, -0.2) is 0 Å². The number of carbonyl (C=O) groups excluding carboxylic acids is 1. The molecular weight excluding hydrogens is 366 g/mol. The number of ether oxygens (including phenoxy) is 1. The fraction of sp³-hybridized carbons (Fsp3) is 0.478.